The Balaban J connectivity index is 1.81. The second-order valence-corrected chi connectivity index (χ2v) is 9.32. The molecule has 2 heterocycles. The van der Waals surface area contributed by atoms with Crippen molar-refractivity contribution in [2.75, 3.05) is 6.61 Å². The Bertz CT molecular complexity index is 1060. The number of nitrogens with one attached hydrogen (secondary N) is 1. The molecule has 1 aliphatic rings. The molecule has 1 aromatic carbocycles. The zero-order chi connectivity index (χ0) is 19.0. The van der Waals surface area contributed by atoms with Gasteiger partial charge < -0.3 is 9.72 Å². The molecule has 4 nitrogen and oxygen atoms in total. The number of benzene rings is 1. The standard InChI is InChI=1S/C20H18Br2N2O2S/c1-2-8-26-17-13(21)9-11(10-14(17)22)18-23-19(25)16-12-6-4-3-5-7-15(12)27-20(16)24-18/h2,9-10H,1,3-8H2,(H,23,24,25). The first kappa shape index (κ1) is 18.9. The van der Waals surface area contributed by atoms with E-state index in [0.717, 1.165) is 44.0 Å². The number of aromatic nitrogens is 2. The highest BCUT2D eigenvalue weighted by atomic mass is 79.9. The lowest BCUT2D eigenvalue weighted by Gasteiger charge is -2.11. The molecule has 0 fully saturated rings. The van der Waals surface area contributed by atoms with Crippen molar-refractivity contribution in [2.45, 2.75) is 32.1 Å². The highest BCUT2D eigenvalue weighted by Crippen LogP contribution is 2.38. The van der Waals surface area contributed by atoms with Gasteiger partial charge in [0.2, 0.25) is 0 Å². The van der Waals surface area contributed by atoms with E-state index in [2.05, 4.69) is 43.4 Å². The predicted octanol–water partition coefficient (Wildman–Crippen LogP) is 6.01. The van der Waals surface area contributed by atoms with Gasteiger partial charge in [-0.3, -0.25) is 4.79 Å². The van der Waals surface area contributed by atoms with E-state index in [-0.39, 0.29) is 5.56 Å². The van der Waals surface area contributed by atoms with E-state index >= 15 is 0 Å². The Hall–Kier alpha value is -1.44. The monoisotopic (exact) mass is 508 g/mol. The molecular weight excluding hydrogens is 492 g/mol. The lowest BCUT2D eigenvalue weighted by Crippen LogP contribution is -2.10. The van der Waals surface area contributed by atoms with Crippen LogP contribution in [0, 0.1) is 0 Å². The van der Waals surface area contributed by atoms with Gasteiger partial charge in [0.05, 0.1) is 14.3 Å². The van der Waals surface area contributed by atoms with Crippen molar-refractivity contribution in [3.05, 3.63) is 54.5 Å². The second kappa shape index (κ2) is 7.89. The smallest absolute Gasteiger partial charge is 0.260 e. The molecule has 27 heavy (non-hydrogen) atoms. The molecule has 0 atom stereocenters. The molecule has 0 amide bonds. The molecule has 4 rings (SSSR count). The lowest BCUT2D eigenvalue weighted by molar-refractivity contribution is 0.358. The summed E-state index contributed by atoms with van der Waals surface area (Å²) in [6.07, 6.45) is 7.29. The number of nitrogens with zero attached hydrogens (tertiary/aromatic N) is 1. The van der Waals surface area contributed by atoms with Crippen LogP contribution in [0.3, 0.4) is 0 Å². The normalized spacial score (nSPS) is 14.0. The molecule has 7 heteroatoms. The molecule has 1 aliphatic carbocycles. The van der Waals surface area contributed by atoms with Crippen LogP contribution in [0.1, 0.15) is 29.7 Å². The first-order valence-electron chi connectivity index (χ1n) is 8.86. The summed E-state index contributed by atoms with van der Waals surface area (Å²) in [5.41, 5.74) is 1.99. The molecule has 2 aromatic heterocycles. The number of thiophene rings is 1. The van der Waals surface area contributed by atoms with Gasteiger partial charge in [0.1, 0.15) is 23.0 Å². The molecule has 0 saturated heterocycles. The minimum atomic E-state index is -0.0476. The highest BCUT2D eigenvalue weighted by Gasteiger charge is 2.20. The first-order chi connectivity index (χ1) is 13.1. The van der Waals surface area contributed by atoms with Gasteiger partial charge in [-0.2, -0.15) is 0 Å². The number of hydrogen-bond donors (Lipinski definition) is 1. The Morgan fingerprint density at radius 2 is 1.96 bits per heavy atom. The molecule has 0 spiro atoms. The minimum Gasteiger partial charge on any atom is -0.487 e. The SMILES string of the molecule is C=CCOc1c(Br)cc(-c2nc3sc4c(c3c(=O)[nH]2)CCCCC4)cc1Br. The van der Waals surface area contributed by atoms with Crippen LogP contribution in [0.25, 0.3) is 21.6 Å². The third kappa shape index (κ3) is 3.65. The van der Waals surface area contributed by atoms with E-state index in [1.54, 1.807) is 17.4 Å². The van der Waals surface area contributed by atoms with Crippen LogP contribution in [0.4, 0.5) is 0 Å². The molecular formula is C20H18Br2N2O2S. The fraction of sp³-hybridized carbons (Fsp3) is 0.300. The number of H-pyrrole nitrogens is 1. The van der Waals surface area contributed by atoms with E-state index in [9.17, 15) is 4.79 Å². The number of hydrogen-bond acceptors (Lipinski definition) is 4. The number of halogens is 2. The summed E-state index contributed by atoms with van der Waals surface area (Å²) in [6.45, 7) is 4.08. The van der Waals surface area contributed by atoms with Gasteiger partial charge in [0.15, 0.2) is 0 Å². The van der Waals surface area contributed by atoms with Crippen LogP contribution in [-0.4, -0.2) is 16.6 Å². The van der Waals surface area contributed by atoms with Crippen molar-refractivity contribution in [3.8, 4) is 17.1 Å². The van der Waals surface area contributed by atoms with E-state index in [4.69, 9.17) is 9.72 Å². The number of aryl methyl sites for hydroxylation is 2. The number of ether oxygens (including phenoxy) is 1. The fourth-order valence-electron chi connectivity index (χ4n) is 3.45. The third-order valence-electron chi connectivity index (χ3n) is 4.69. The first-order valence-corrected chi connectivity index (χ1v) is 11.3. The third-order valence-corrected chi connectivity index (χ3v) is 7.06. The molecule has 0 aliphatic heterocycles. The summed E-state index contributed by atoms with van der Waals surface area (Å²) in [6, 6.07) is 3.82. The summed E-state index contributed by atoms with van der Waals surface area (Å²) in [5, 5.41) is 0.782. The average Bonchev–Trinajstić information content (AvgIpc) is 2.83. The van der Waals surface area contributed by atoms with Crippen molar-refractivity contribution >= 4 is 53.4 Å². The van der Waals surface area contributed by atoms with E-state index in [0.29, 0.717) is 18.2 Å². The largest absolute Gasteiger partial charge is 0.487 e. The Labute approximate surface area is 177 Å². The summed E-state index contributed by atoms with van der Waals surface area (Å²) in [7, 11) is 0. The van der Waals surface area contributed by atoms with Crippen molar-refractivity contribution in [1.29, 1.82) is 0 Å². The lowest BCUT2D eigenvalue weighted by atomic mass is 10.1. The number of aromatic amines is 1. The van der Waals surface area contributed by atoms with Crippen LogP contribution in [0.15, 0.2) is 38.5 Å². The second-order valence-electron chi connectivity index (χ2n) is 6.53. The van der Waals surface area contributed by atoms with Gasteiger partial charge in [-0.1, -0.05) is 19.1 Å². The minimum absolute atomic E-state index is 0.0476. The van der Waals surface area contributed by atoms with Crippen molar-refractivity contribution in [3.63, 3.8) is 0 Å². The zero-order valence-corrected chi connectivity index (χ0v) is 18.6. The predicted molar refractivity (Wildman–Crippen MR) is 118 cm³/mol. The number of fused-ring (bicyclic) bond motifs is 3. The van der Waals surface area contributed by atoms with Crippen LogP contribution >= 0.6 is 43.2 Å². The molecule has 140 valence electrons. The van der Waals surface area contributed by atoms with Crippen molar-refractivity contribution < 1.29 is 4.74 Å². The molecule has 0 saturated carbocycles. The quantitative estimate of drug-likeness (QED) is 0.346. The Kier molecular flexibility index (Phi) is 5.53. The summed E-state index contributed by atoms with van der Waals surface area (Å²) in [4.78, 5) is 22.8. The summed E-state index contributed by atoms with van der Waals surface area (Å²) < 4.78 is 7.25. The van der Waals surface area contributed by atoms with Crippen LogP contribution in [0.2, 0.25) is 0 Å². The van der Waals surface area contributed by atoms with Gasteiger partial charge >= 0.3 is 0 Å². The Morgan fingerprint density at radius 1 is 1.22 bits per heavy atom. The van der Waals surface area contributed by atoms with Gasteiger partial charge in [-0.15, -0.1) is 11.3 Å². The molecule has 0 unspecified atom stereocenters. The topological polar surface area (TPSA) is 55.0 Å². The zero-order valence-electron chi connectivity index (χ0n) is 14.6. The summed E-state index contributed by atoms with van der Waals surface area (Å²) >= 11 is 8.75. The van der Waals surface area contributed by atoms with Gasteiger partial charge in [-0.25, -0.2) is 4.98 Å². The maximum atomic E-state index is 12.8. The van der Waals surface area contributed by atoms with Gasteiger partial charge in [0, 0.05) is 10.4 Å². The maximum absolute atomic E-state index is 12.8. The average molecular weight is 510 g/mol. The Morgan fingerprint density at radius 3 is 2.70 bits per heavy atom. The number of rotatable bonds is 4. The highest BCUT2D eigenvalue weighted by molar-refractivity contribution is 9.11. The van der Waals surface area contributed by atoms with Gasteiger partial charge in [0.25, 0.3) is 5.56 Å². The maximum Gasteiger partial charge on any atom is 0.260 e. The summed E-state index contributed by atoms with van der Waals surface area (Å²) in [5.74, 6) is 1.27. The van der Waals surface area contributed by atoms with E-state index in [1.807, 2.05) is 12.1 Å². The van der Waals surface area contributed by atoms with Crippen LogP contribution in [-0.2, 0) is 12.8 Å². The fourth-order valence-corrected chi connectivity index (χ4v) is 6.13. The van der Waals surface area contributed by atoms with E-state index in [1.165, 1.54) is 23.3 Å². The molecule has 1 N–H and O–H groups in total. The molecule has 0 bridgehead atoms. The van der Waals surface area contributed by atoms with Gasteiger partial charge in [-0.05, 0) is 75.2 Å². The van der Waals surface area contributed by atoms with Crippen molar-refractivity contribution in [2.24, 2.45) is 0 Å². The van der Waals surface area contributed by atoms with Crippen molar-refractivity contribution in [1.82, 2.24) is 9.97 Å². The van der Waals surface area contributed by atoms with E-state index < -0.39 is 0 Å². The van der Waals surface area contributed by atoms with Crippen LogP contribution in [0.5, 0.6) is 5.75 Å². The van der Waals surface area contributed by atoms with Crippen LogP contribution < -0.4 is 10.3 Å². The molecule has 3 aromatic rings. The molecule has 0 radical (unpaired) electrons.